The summed E-state index contributed by atoms with van der Waals surface area (Å²) < 4.78 is 19.4. The SMILES string of the molecule is O=C(c1ccc(F)cc1)N(CC(=O)N1CCc2sccc2[C@H]1COc1ccc(Cl)cc1)C1CC1. The Morgan fingerprint density at radius 1 is 1.09 bits per heavy atom. The van der Waals surface area contributed by atoms with Crippen molar-refractivity contribution in [3.05, 3.63) is 86.8 Å². The van der Waals surface area contributed by atoms with Crippen LogP contribution >= 0.6 is 22.9 Å². The molecule has 1 fully saturated rings. The number of benzene rings is 2. The van der Waals surface area contributed by atoms with Gasteiger partial charge in [-0.3, -0.25) is 9.59 Å². The van der Waals surface area contributed by atoms with Gasteiger partial charge in [-0.1, -0.05) is 11.6 Å². The van der Waals surface area contributed by atoms with Crippen molar-refractivity contribution >= 4 is 34.8 Å². The van der Waals surface area contributed by atoms with Crippen LogP contribution in [0.3, 0.4) is 0 Å². The fraction of sp³-hybridized carbons (Fsp3) is 0.308. The lowest BCUT2D eigenvalue weighted by Crippen LogP contribution is -2.48. The average molecular weight is 499 g/mol. The van der Waals surface area contributed by atoms with Gasteiger partial charge in [0.15, 0.2) is 0 Å². The van der Waals surface area contributed by atoms with E-state index in [0.717, 1.165) is 24.8 Å². The first-order valence-electron chi connectivity index (χ1n) is 11.3. The summed E-state index contributed by atoms with van der Waals surface area (Å²) in [4.78, 5) is 31.4. The maximum absolute atomic E-state index is 13.5. The number of amides is 2. The van der Waals surface area contributed by atoms with E-state index in [1.165, 1.54) is 29.1 Å². The van der Waals surface area contributed by atoms with Gasteiger partial charge in [0, 0.05) is 28.0 Å². The van der Waals surface area contributed by atoms with Crippen molar-refractivity contribution < 1.29 is 18.7 Å². The summed E-state index contributed by atoms with van der Waals surface area (Å²) in [5.74, 6) is -0.0544. The van der Waals surface area contributed by atoms with Crippen molar-refractivity contribution in [2.24, 2.45) is 0 Å². The van der Waals surface area contributed by atoms with Crippen LogP contribution in [0.25, 0.3) is 0 Å². The van der Waals surface area contributed by atoms with Crippen molar-refractivity contribution in [2.75, 3.05) is 19.7 Å². The quantitative estimate of drug-likeness (QED) is 0.441. The molecule has 8 heteroatoms. The van der Waals surface area contributed by atoms with Gasteiger partial charge in [0.2, 0.25) is 5.91 Å². The number of halogens is 2. The predicted octanol–water partition coefficient (Wildman–Crippen LogP) is 5.35. The average Bonchev–Trinajstić information content (AvgIpc) is 3.57. The fourth-order valence-electron chi connectivity index (χ4n) is 4.33. The topological polar surface area (TPSA) is 49.9 Å². The van der Waals surface area contributed by atoms with E-state index in [0.29, 0.717) is 29.5 Å². The van der Waals surface area contributed by atoms with Crippen molar-refractivity contribution in [1.29, 1.82) is 0 Å². The predicted molar refractivity (Wildman–Crippen MR) is 130 cm³/mol. The van der Waals surface area contributed by atoms with Crippen LogP contribution in [-0.2, 0) is 11.2 Å². The lowest BCUT2D eigenvalue weighted by molar-refractivity contribution is -0.135. The van der Waals surface area contributed by atoms with Gasteiger partial charge in [-0.05, 0) is 84.8 Å². The number of hydrogen-bond donors (Lipinski definition) is 0. The molecule has 176 valence electrons. The molecule has 2 aliphatic rings. The standard InChI is InChI=1S/C26H24ClFN2O3S/c27-18-3-9-21(10-4-18)33-16-23-22-12-14-34-24(22)11-13-29(23)25(31)15-30(20-7-8-20)26(32)17-1-5-19(28)6-2-17/h1-6,9-10,12,14,20,23H,7-8,11,13,15-16H2/t23-/m1/s1. The smallest absolute Gasteiger partial charge is 0.254 e. The Labute approximate surface area is 206 Å². The second-order valence-electron chi connectivity index (χ2n) is 8.59. The molecule has 1 saturated carbocycles. The zero-order chi connectivity index (χ0) is 23.7. The molecule has 3 aromatic rings. The molecule has 1 atom stereocenters. The van der Waals surface area contributed by atoms with Crippen molar-refractivity contribution in [3.63, 3.8) is 0 Å². The third-order valence-corrected chi connectivity index (χ3v) is 7.53. The zero-order valence-electron chi connectivity index (χ0n) is 18.5. The van der Waals surface area contributed by atoms with Crippen LogP contribution in [-0.4, -0.2) is 47.4 Å². The molecule has 2 heterocycles. The monoisotopic (exact) mass is 498 g/mol. The first-order chi connectivity index (χ1) is 16.5. The van der Waals surface area contributed by atoms with E-state index < -0.39 is 5.82 Å². The molecule has 0 unspecified atom stereocenters. The number of carbonyl (C=O) groups excluding carboxylic acids is 2. The van der Waals surface area contributed by atoms with E-state index >= 15 is 0 Å². The second kappa shape index (κ2) is 9.76. The number of ether oxygens (including phenoxy) is 1. The van der Waals surface area contributed by atoms with Gasteiger partial charge < -0.3 is 14.5 Å². The maximum atomic E-state index is 13.5. The van der Waals surface area contributed by atoms with Gasteiger partial charge in [-0.2, -0.15) is 0 Å². The van der Waals surface area contributed by atoms with Gasteiger partial charge in [0.05, 0.1) is 6.04 Å². The summed E-state index contributed by atoms with van der Waals surface area (Å²) in [5, 5.41) is 2.68. The van der Waals surface area contributed by atoms with Crippen molar-refractivity contribution in [1.82, 2.24) is 9.80 Å². The molecule has 34 heavy (non-hydrogen) atoms. The van der Waals surface area contributed by atoms with E-state index in [2.05, 4.69) is 6.07 Å². The second-order valence-corrected chi connectivity index (χ2v) is 10.0. The van der Waals surface area contributed by atoms with Gasteiger partial charge in [0.1, 0.15) is 24.7 Å². The minimum atomic E-state index is -0.394. The molecule has 1 aliphatic heterocycles. The Morgan fingerprint density at radius 3 is 2.53 bits per heavy atom. The van der Waals surface area contributed by atoms with Crippen LogP contribution in [0.4, 0.5) is 4.39 Å². The number of nitrogens with zero attached hydrogens (tertiary/aromatic N) is 2. The largest absolute Gasteiger partial charge is 0.491 e. The molecular formula is C26H24ClFN2O3S. The van der Waals surface area contributed by atoms with Crippen LogP contribution in [0.1, 0.15) is 39.7 Å². The number of thiophene rings is 1. The summed E-state index contributed by atoms with van der Waals surface area (Å²) in [6.45, 7) is 0.883. The van der Waals surface area contributed by atoms with Crippen LogP contribution < -0.4 is 4.74 Å². The molecule has 0 radical (unpaired) electrons. The molecule has 0 N–H and O–H groups in total. The minimum absolute atomic E-state index is 0.00219. The van der Waals surface area contributed by atoms with Crippen molar-refractivity contribution in [2.45, 2.75) is 31.3 Å². The van der Waals surface area contributed by atoms with Crippen LogP contribution in [0.2, 0.25) is 5.02 Å². The molecule has 2 amide bonds. The van der Waals surface area contributed by atoms with Gasteiger partial charge >= 0.3 is 0 Å². The van der Waals surface area contributed by atoms with E-state index in [4.69, 9.17) is 16.3 Å². The number of fused-ring (bicyclic) bond motifs is 1. The zero-order valence-corrected chi connectivity index (χ0v) is 20.0. The Kier molecular flexibility index (Phi) is 6.57. The summed E-state index contributed by atoms with van der Waals surface area (Å²) in [6, 6.07) is 14.5. The van der Waals surface area contributed by atoms with E-state index in [1.807, 2.05) is 22.4 Å². The highest BCUT2D eigenvalue weighted by molar-refractivity contribution is 7.10. The van der Waals surface area contributed by atoms with E-state index in [9.17, 15) is 14.0 Å². The fourth-order valence-corrected chi connectivity index (χ4v) is 5.38. The molecule has 0 saturated heterocycles. The van der Waals surface area contributed by atoms with E-state index in [-0.39, 0.29) is 30.4 Å². The normalized spacial score (nSPS) is 17.2. The Bertz CT molecular complexity index is 1180. The highest BCUT2D eigenvalue weighted by atomic mass is 35.5. The molecule has 1 aliphatic carbocycles. The third-order valence-electron chi connectivity index (χ3n) is 6.28. The molecule has 0 spiro atoms. The molecular weight excluding hydrogens is 475 g/mol. The Hall–Kier alpha value is -2.90. The van der Waals surface area contributed by atoms with E-state index in [1.54, 1.807) is 28.4 Å². The van der Waals surface area contributed by atoms with Crippen LogP contribution in [0, 0.1) is 5.82 Å². The van der Waals surface area contributed by atoms with Gasteiger partial charge in [0.25, 0.3) is 5.91 Å². The highest BCUT2D eigenvalue weighted by Crippen LogP contribution is 2.35. The molecule has 1 aromatic heterocycles. The summed E-state index contributed by atoms with van der Waals surface area (Å²) in [5.41, 5.74) is 1.49. The summed E-state index contributed by atoms with van der Waals surface area (Å²) >= 11 is 7.67. The van der Waals surface area contributed by atoms with Crippen LogP contribution in [0.5, 0.6) is 5.75 Å². The first kappa shape index (κ1) is 22.9. The third kappa shape index (κ3) is 4.95. The highest BCUT2D eigenvalue weighted by Gasteiger charge is 2.38. The number of carbonyl (C=O) groups is 2. The number of rotatable bonds is 7. The minimum Gasteiger partial charge on any atom is -0.491 e. The molecule has 0 bridgehead atoms. The summed E-state index contributed by atoms with van der Waals surface area (Å²) in [7, 11) is 0. The lowest BCUT2D eigenvalue weighted by atomic mass is 10.0. The first-order valence-corrected chi connectivity index (χ1v) is 12.6. The molecule has 5 rings (SSSR count). The van der Waals surface area contributed by atoms with Gasteiger partial charge in [-0.25, -0.2) is 4.39 Å². The molecule has 5 nitrogen and oxygen atoms in total. The van der Waals surface area contributed by atoms with Crippen molar-refractivity contribution in [3.8, 4) is 5.75 Å². The lowest BCUT2D eigenvalue weighted by Gasteiger charge is -2.37. The number of hydrogen-bond acceptors (Lipinski definition) is 4. The maximum Gasteiger partial charge on any atom is 0.254 e. The molecule has 2 aromatic carbocycles. The Balaban J connectivity index is 1.33. The van der Waals surface area contributed by atoms with Gasteiger partial charge in [-0.15, -0.1) is 11.3 Å². The summed E-state index contributed by atoms with van der Waals surface area (Å²) in [6.07, 6.45) is 2.53. The Morgan fingerprint density at radius 2 is 1.82 bits per heavy atom. The van der Waals surface area contributed by atoms with Crippen LogP contribution in [0.15, 0.2) is 60.0 Å².